The highest BCUT2D eigenvalue weighted by Crippen LogP contribution is 2.18. The minimum Gasteiger partial charge on any atom is -0.269 e. The Kier molecular flexibility index (Phi) is 3.84. The van der Waals surface area contributed by atoms with Crippen LogP contribution in [-0.4, -0.2) is 37.7 Å². The van der Waals surface area contributed by atoms with Crippen LogP contribution >= 0.6 is 0 Å². The maximum absolute atomic E-state index is 12.8. The smallest absolute Gasteiger partial charge is 0.269 e. The van der Waals surface area contributed by atoms with Gasteiger partial charge in [-0.1, -0.05) is 0 Å². The van der Waals surface area contributed by atoms with Gasteiger partial charge in [-0.3, -0.25) is 9.63 Å². The third-order valence-corrected chi connectivity index (χ3v) is 2.89. The number of aromatic nitrogens is 5. The molecule has 0 N–H and O–H groups in total. The van der Waals surface area contributed by atoms with Gasteiger partial charge in [-0.25, -0.2) is 19.6 Å². The number of nitrogens with zero attached hydrogens (tertiary/aromatic N) is 6. The first-order valence-electron chi connectivity index (χ1n) is 6.40. The first-order chi connectivity index (χ1) is 10.8. The summed E-state index contributed by atoms with van der Waals surface area (Å²) < 4.78 is 1.52. The van der Waals surface area contributed by atoms with Crippen molar-refractivity contribution in [2.45, 2.75) is 0 Å². The van der Waals surface area contributed by atoms with E-state index >= 15 is 0 Å². The molecule has 3 rings (SSSR count). The minimum absolute atomic E-state index is 0.344. The summed E-state index contributed by atoms with van der Waals surface area (Å²) >= 11 is 0. The van der Waals surface area contributed by atoms with Gasteiger partial charge in [0.1, 0.15) is 12.0 Å². The van der Waals surface area contributed by atoms with Crippen LogP contribution in [-0.2, 0) is 4.84 Å². The lowest BCUT2D eigenvalue weighted by molar-refractivity contribution is 0.0772. The zero-order valence-electron chi connectivity index (χ0n) is 11.7. The molecule has 110 valence electrons. The summed E-state index contributed by atoms with van der Waals surface area (Å²) in [5, 5.41) is 5.21. The summed E-state index contributed by atoms with van der Waals surface area (Å²) in [6, 6.07) is 5.08. The predicted octanol–water partition coefficient (Wildman–Crippen LogP) is 1.27. The first-order valence-corrected chi connectivity index (χ1v) is 6.40. The van der Waals surface area contributed by atoms with Gasteiger partial charge in [0.25, 0.3) is 5.91 Å². The molecule has 8 heteroatoms. The van der Waals surface area contributed by atoms with E-state index in [0.29, 0.717) is 17.1 Å². The molecule has 0 saturated heterocycles. The number of hydroxylamine groups is 1. The zero-order valence-corrected chi connectivity index (χ0v) is 11.7. The molecule has 0 atom stereocenters. The molecule has 0 fully saturated rings. The molecule has 3 heterocycles. The maximum Gasteiger partial charge on any atom is 0.286 e. The van der Waals surface area contributed by atoms with Gasteiger partial charge in [0.15, 0.2) is 5.82 Å². The van der Waals surface area contributed by atoms with Gasteiger partial charge in [0.05, 0.1) is 25.1 Å². The van der Waals surface area contributed by atoms with Gasteiger partial charge in [0, 0.05) is 18.6 Å². The summed E-state index contributed by atoms with van der Waals surface area (Å²) in [6.07, 6.45) is 9.26. The van der Waals surface area contributed by atoms with Crippen LogP contribution in [0.5, 0.6) is 0 Å². The molecular weight excluding hydrogens is 284 g/mol. The van der Waals surface area contributed by atoms with Gasteiger partial charge in [-0.2, -0.15) is 10.2 Å². The van der Waals surface area contributed by atoms with E-state index in [4.69, 9.17) is 4.84 Å². The van der Waals surface area contributed by atoms with Gasteiger partial charge in [-0.05, 0) is 18.2 Å². The summed E-state index contributed by atoms with van der Waals surface area (Å²) in [5.41, 5.74) is 0.766. The lowest BCUT2D eigenvalue weighted by atomic mass is 10.2. The summed E-state index contributed by atoms with van der Waals surface area (Å²) in [5.74, 6) is 0.0206. The standard InChI is InChI=1S/C14H12N6O2/c1-22-20(11-8-15-10-16-9-11)14(21)12-4-2-5-17-13(12)19-7-3-6-18-19/h2-10H,1H3. The second-order valence-corrected chi connectivity index (χ2v) is 4.20. The molecule has 0 unspecified atom stereocenters. The summed E-state index contributed by atoms with van der Waals surface area (Å²) in [7, 11) is 1.40. The number of pyridine rings is 1. The van der Waals surface area contributed by atoms with Crippen molar-refractivity contribution < 1.29 is 9.63 Å². The number of hydrogen-bond donors (Lipinski definition) is 0. The van der Waals surface area contributed by atoms with E-state index in [0.717, 1.165) is 5.06 Å². The zero-order chi connectivity index (χ0) is 15.4. The Morgan fingerprint density at radius 2 is 2.05 bits per heavy atom. The van der Waals surface area contributed by atoms with Gasteiger partial charge >= 0.3 is 0 Å². The van der Waals surface area contributed by atoms with Crippen LogP contribution in [0.4, 0.5) is 5.69 Å². The van der Waals surface area contributed by atoms with Gasteiger partial charge < -0.3 is 0 Å². The Bertz CT molecular complexity index is 760. The van der Waals surface area contributed by atoms with Crippen LogP contribution in [0.2, 0.25) is 0 Å². The molecule has 3 aromatic rings. The summed E-state index contributed by atoms with van der Waals surface area (Å²) in [6.45, 7) is 0. The Hall–Kier alpha value is -3.13. The second-order valence-electron chi connectivity index (χ2n) is 4.20. The molecule has 0 aliphatic carbocycles. The van der Waals surface area contributed by atoms with E-state index in [1.807, 2.05) is 0 Å². The summed E-state index contributed by atoms with van der Waals surface area (Å²) in [4.78, 5) is 29.9. The first kappa shape index (κ1) is 13.8. The molecule has 0 aliphatic heterocycles. The molecule has 0 saturated carbocycles. The van der Waals surface area contributed by atoms with Crippen LogP contribution < -0.4 is 5.06 Å². The van der Waals surface area contributed by atoms with Crippen molar-refractivity contribution in [3.63, 3.8) is 0 Å². The fourth-order valence-electron chi connectivity index (χ4n) is 1.95. The van der Waals surface area contributed by atoms with Gasteiger partial charge in [-0.15, -0.1) is 0 Å². The van der Waals surface area contributed by atoms with Crippen LogP contribution in [0.1, 0.15) is 10.4 Å². The monoisotopic (exact) mass is 296 g/mol. The van der Waals surface area contributed by atoms with Crippen LogP contribution in [0, 0.1) is 0 Å². The number of amides is 1. The Morgan fingerprint density at radius 1 is 1.23 bits per heavy atom. The highest BCUT2D eigenvalue weighted by molar-refractivity contribution is 6.06. The molecule has 8 nitrogen and oxygen atoms in total. The molecule has 0 radical (unpaired) electrons. The number of hydrogen-bond acceptors (Lipinski definition) is 6. The minimum atomic E-state index is -0.393. The maximum atomic E-state index is 12.8. The van der Waals surface area contributed by atoms with Crippen LogP contribution in [0.25, 0.3) is 5.82 Å². The molecule has 0 aromatic carbocycles. The molecule has 0 bridgehead atoms. The molecule has 22 heavy (non-hydrogen) atoms. The average Bonchev–Trinajstić information content (AvgIpc) is 3.11. The lowest BCUT2D eigenvalue weighted by Crippen LogP contribution is -2.31. The third-order valence-electron chi connectivity index (χ3n) is 2.89. The Labute approximate surface area is 126 Å². The number of carbonyl (C=O) groups excluding carboxylic acids is 1. The fourth-order valence-corrected chi connectivity index (χ4v) is 1.95. The molecule has 3 aromatic heterocycles. The van der Waals surface area contributed by atoms with E-state index in [9.17, 15) is 4.79 Å². The van der Waals surface area contributed by atoms with E-state index in [1.165, 1.54) is 30.5 Å². The molecule has 0 spiro atoms. The normalized spacial score (nSPS) is 10.4. The van der Waals surface area contributed by atoms with Crippen molar-refractivity contribution in [1.82, 2.24) is 24.7 Å². The van der Waals surface area contributed by atoms with E-state index in [-0.39, 0.29) is 0 Å². The Balaban J connectivity index is 2.02. The van der Waals surface area contributed by atoms with Crippen molar-refractivity contribution in [3.05, 3.63) is 61.1 Å². The number of carbonyl (C=O) groups is 1. The quantitative estimate of drug-likeness (QED) is 0.674. The van der Waals surface area contributed by atoms with Crippen molar-refractivity contribution in [2.24, 2.45) is 0 Å². The van der Waals surface area contributed by atoms with Crippen molar-refractivity contribution in [2.75, 3.05) is 12.2 Å². The van der Waals surface area contributed by atoms with Crippen molar-refractivity contribution in [1.29, 1.82) is 0 Å². The van der Waals surface area contributed by atoms with E-state index in [2.05, 4.69) is 20.1 Å². The van der Waals surface area contributed by atoms with Gasteiger partial charge in [0.2, 0.25) is 0 Å². The molecule has 0 aliphatic rings. The second kappa shape index (κ2) is 6.10. The van der Waals surface area contributed by atoms with Crippen LogP contribution in [0.3, 0.4) is 0 Å². The predicted molar refractivity (Wildman–Crippen MR) is 77.2 cm³/mol. The van der Waals surface area contributed by atoms with Crippen LogP contribution in [0.15, 0.2) is 55.5 Å². The highest BCUT2D eigenvalue weighted by atomic mass is 16.7. The largest absolute Gasteiger partial charge is 0.286 e. The Morgan fingerprint density at radius 3 is 2.73 bits per heavy atom. The highest BCUT2D eigenvalue weighted by Gasteiger charge is 2.22. The number of rotatable bonds is 4. The lowest BCUT2D eigenvalue weighted by Gasteiger charge is -2.19. The SMILES string of the molecule is CON(C(=O)c1cccnc1-n1cccn1)c1cncnc1. The van der Waals surface area contributed by atoms with Crippen molar-refractivity contribution in [3.8, 4) is 5.82 Å². The van der Waals surface area contributed by atoms with E-state index in [1.54, 1.807) is 36.8 Å². The average molecular weight is 296 g/mol. The van der Waals surface area contributed by atoms with E-state index < -0.39 is 5.91 Å². The molecule has 1 amide bonds. The third kappa shape index (κ3) is 2.54. The number of anilines is 1. The topological polar surface area (TPSA) is 86.0 Å². The molecular formula is C14H12N6O2. The fraction of sp³-hybridized carbons (Fsp3) is 0.0714. The van der Waals surface area contributed by atoms with Crippen molar-refractivity contribution >= 4 is 11.6 Å².